The lowest BCUT2D eigenvalue weighted by Gasteiger charge is -2.17. The summed E-state index contributed by atoms with van der Waals surface area (Å²) in [5.74, 6) is -2.33. The fraction of sp³-hybridized carbons (Fsp3) is 0.333. The molecule has 0 saturated carbocycles. The van der Waals surface area contributed by atoms with Crippen LogP contribution in [0.15, 0.2) is 12.1 Å². The van der Waals surface area contributed by atoms with Gasteiger partial charge in [-0.3, -0.25) is 9.59 Å². The summed E-state index contributed by atoms with van der Waals surface area (Å²) < 4.78 is 26.7. The van der Waals surface area contributed by atoms with E-state index in [9.17, 15) is 28.6 Å². The van der Waals surface area contributed by atoms with Crippen LogP contribution in [0.4, 0.5) is 8.78 Å². The molecule has 2 unspecified atom stereocenters. The predicted octanol–water partition coefficient (Wildman–Crippen LogP) is 1.45. The molecule has 0 spiro atoms. The molecule has 19 heavy (non-hydrogen) atoms. The summed E-state index contributed by atoms with van der Waals surface area (Å²) in [6.07, 6.45) is -2.87. The molecule has 1 aromatic carbocycles. The van der Waals surface area contributed by atoms with Gasteiger partial charge >= 0.3 is 0 Å². The Balaban J connectivity index is 2.90. The highest BCUT2D eigenvalue weighted by Crippen LogP contribution is 2.23. The molecule has 0 saturated heterocycles. The number of rotatable bonds is 5. The maximum Gasteiger partial charge on any atom is 0.185 e. The lowest BCUT2D eigenvalue weighted by molar-refractivity contribution is -0.109. The van der Waals surface area contributed by atoms with Gasteiger partial charge in [-0.15, -0.1) is 0 Å². The van der Waals surface area contributed by atoms with Crippen LogP contribution in [-0.4, -0.2) is 33.5 Å². The van der Waals surface area contributed by atoms with E-state index in [1.165, 1.54) is 6.92 Å². The smallest absolute Gasteiger partial charge is 0.185 e. The first-order chi connectivity index (χ1) is 8.86. The highest BCUT2D eigenvalue weighted by Gasteiger charge is 2.22. The zero-order valence-corrected chi connectivity index (χ0v) is 10.8. The van der Waals surface area contributed by atoms with Gasteiger partial charge in [0.1, 0.15) is 17.7 Å². The largest absolute Gasteiger partial charge is 0.389 e. The van der Waals surface area contributed by atoms with Crippen LogP contribution in [0.1, 0.15) is 28.9 Å². The highest BCUT2D eigenvalue weighted by atomic mass is 32.2. The predicted molar refractivity (Wildman–Crippen MR) is 65.9 cm³/mol. The molecule has 0 amide bonds. The van der Waals surface area contributed by atoms with Gasteiger partial charge in [-0.2, -0.15) is 0 Å². The zero-order chi connectivity index (χ0) is 14.6. The third-order valence-electron chi connectivity index (χ3n) is 2.38. The van der Waals surface area contributed by atoms with Gasteiger partial charge in [-0.05, 0) is 17.7 Å². The Bertz CT molecular complexity index is 470. The Kier molecular flexibility index (Phi) is 5.59. The lowest BCUT2D eigenvalue weighted by Crippen LogP contribution is -2.22. The second-order valence-electron chi connectivity index (χ2n) is 3.83. The van der Waals surface area contributed by atoms with Gasteiger partial charge in [-0.1, -0.05) is 11.8 Å². The van der Waals surface area contributed by atoms with Crippen molar-refractivity contribution >= 4 is 23.2 Å². The van der Waals surface area contributed by atoms with Crippen LogP contribution in [-0.2, 0) is 4.79 Å². The number of hydrogen-bond acceptors (Lipinski definition) is 5. The molecule has 4 nitrogen and oxygen atoms in total. The standard InChI is InChI=1S/C12H12F2O4S/c1-6(16)19-5-11(17)12(18)7-2-9(13)8(4-15)10(14)3-7/h2-4,11-12,17-18H,5H2,1H3. The van der Waals surface area contributed by atoms with E-state index in [2.05, 4.69) is 0 Å². The van der Waals surface area contributed by atoms with Gasteiger partial charge in [-0.25, -0.2) is 8.78 Å². The number of thioether (sulfide) groups is 1. The maximum atomic E-state index is 13.3. The van der Waals surface area contributed by atoms with E-state index in [1.54, 1.807) is 0 Å². The molecule has 0 bridgehead atoms. The molecule has 1 rings (SSSR count). The van der Waals surface area contributed by atoms with Crippen molar-refractivity contribution in [1.29, 1.82) is 0 Å². The molecule has 0 radical (unpaired) electrons. The number of carbonyl (C=O) groups excluding carboxylic acids is 2. The summed E-state index contributed by atoms with van der Waals surface area (Å²) >= 11 is 0.786. The van der Waals surface area contributed by atoms with Gasteiger partial charge in [0.2, 0.25) is 0 Å². The Labute approximate surface area is 112 Å². The van der Waals surface area contributed by atoms with Crippen molar-refractivity contribution in [2.75, 3.05) is 5.75 Å². The van der Waals surface area contributed by atoms with Gasteiger partial charge in [0.05, 0.1) is 11.7 Å². The van der Waals surface area contributed by atoms with Crippen LogP contribution >= 0.6 is 11.8 Å². The average Bonchev–Trinajstić information content (AvgIpc) is 2.34. The molecule has 2 N–H and O–H groups in total. The number of aliphatic hydroxyl groups excluding tert-OH is 2. The van der Waals surface area contributed by atoms with E-state index in [0.717, 1.165) is 23.9 Å². The quantitative estimate of drug-likeness (QED) is 0.803. The molecule has 0 fully saturated rings. The summed E-state index contributed by atoms with van der Waals surface area (Å²) in [5, 5.41) is 19.1. The number of benzene rings is 1. The van der Waals surface area contributed by atoms with E-state index < -0.39 is 29.4 Å². The fourth-order valence-corrected chi connectivity index (χ4v) is 1.99. The Morgan fingerprint density at radius 1 is 1.37 bits per heavy atom. The van der Waals surface area contributed by atoms with E-state index >= 15 is 0 Å². The second-order valence-corrected chi connectivity index (χ2v) is 5.03. The third kappa shape index (κ3) is 4.09. The third-order valence-corrected chi connectivity index (χ3v) is 3.30. The SMILES string of the molecule is CC(=O)SCC(O)C(O)c1cc(F)c(C=O)c(F)c1. The van der Waals surface area contributed by atoms with Crippen molar-refractivity contribution in [2.45, 2.75) is 19.1 Å². The molecule has 2 atom stereocenters. The number of hydrogen-bond donors (Lipinski definition) is 2. The van der Waals surface area contributed by atoms with Crippen LogP contribution in [0.3, 0.4) is 0 Å². The van der Waals surface area contributed by atoms with E-state index in [-0.39, 0.29) is 22.7 Å². The van der Waals surface area contributed by atoms with Gasteiger partial charge in [0.25, 0.3) is 0 Å². The second kappa shape index (κ2) is 6.74. The van der Waals surface area contributed by atoms with Crippen molar-refractivity contribution in [3.8, 4) is 0 Å². The van der Waals surface area contributed by atoms with E-state index in [0.29, 0.717) is 0 Å². The van der Waals surface area contributed by atoms with Crippen molar-refractivity contribution in [3.05, 3.63) is 34.9 Å². The van der Waals surface area contributed by atoms with Gasteiger partial charge in [0, 0.05) is 12.7 Å². The van der Waals surface area contributed by atoms with E-state index in [4.69, 9.17) is 0 Å². The summed E-state index contributed by atoms with van der Waals surface area (Å²) in [6, 6.07) is 1.55. The number of halogens is 2. The lowest BCUT2D eigenvalue weighted by atomic mass is 10.0. The highest BCUT2D eigenvalue weighted by molar-refractivity contribution is 8.13. The molecule has 104 valence electrons. The van der Waals surface area contributed by atoms with Crippen molar-refractivity contribution in [2.24, 2.45) is 0 Å². The van der Waals surface area contributed by atoms with Crippen LogP contribution in [0.25, 0.3) is 0 Å². The van der Waals surface area contributed by atoms with E-state index in [1.807, 2.05) is 0 Å². The topological polar surface area (TPSA) is 74.6 Å². The number of aldehydes is 1. The summed E-state index contributed by atoms with van der Waals surface area (Å²) in [4.78, 5) is 21.1. The van der Waals surface area contributed by atoms with Crippen LogP contribution < -0.4 is 0 Å². The van der Waals surface area contributed by atoms with Gasteiger partial charge < -0.3 is 10.2 Å². The molecule has 0 aliphatic heterocycles. The Morgan fingerprint density at radius 2 is 1.89 bits per heavy atom. The minimum Gasteiger partial charge on any atom is -0.389 e. The average molecular weight is 290 g/mol. The fourth-order valence-electron chi connectivity index (χ4n) is 1.40. The van der Waals surface area contributed by atoms with Crippen LogP contribution in [0.2, 0.25) is 0 Å². The van der Waals surface area contributed by atoms with Crippen molar-refractivity contribution < 1.29 is 28.6 Å². The van der Waals surface area contributed by atoms with Crippen molar-refractivity contribution in [3.63, 3.8) is 0 Å². The maximum absolute atomic E-state index is 13.3. The molecule has 0 aromatic heterocycles. The Hall–Kier alpha value is -1.31. The first kappa shape index (κ1) is 15.7. The normalized spacial score (nSPS) is 13.9. The molecule has 0 aliphatic carbocycles. The number of aliphatic hydroxyl groups is 2. The molecular weight excluding hydrogens is 278 g/mol. The minimum atomic E-state index is -1.54. The number of carbonyl (C=O) groups is 2. The zero-order valence-electron chi connectivity index (χ0n) is 9.97. The molecule has 0 aliphatic rings. The molecular formula is C12H12F2O4S. The minimum absolute atomic E-state index is 0.0306. The van der Waals surface area contributed by atoms with Crippen LogP contribution in [0, 0.1) is 11.6 Å². The summed E-state index contributed by atoms with van der Waals surface area (Å²) in [5.41, 5.74) is -0.930. The summed E-state index contributed by atoms with van der Waals surface area (Å²) in [6.45, 7) is 1.29. The van der Waals surface area contributed by atoms with Crippen LogP contribution in [0.5, 0.6) is 0 Å². The van der Waals surface area contributed by atoms with Crippen molar-refractivity contribution in [1.82, 2.24) is 0 Å². The first-order valence-corrected chi connectivity index (χ1v) is 6.29. The first-order valence-electron chi connectivity index (χ1n) is 5.30. The molecule has 0 heterocycles. The molecule has 1 aromatic rings. The van der Waals surface area contributed by atoms with Gasteiger partial charge in [0.15, 0.2) is 11.4 Å². The summed E-state index contributed by atoms with van der Waals surface area (Å²) in [7, 11) is 0. The Morgan fingerprint density at radius 3 is 2.32 bits per heavy atom. The monoisotopic (exact) mass is 290 g/mol. The molecule has 7 heteroatoms.